The number of hydrogen-bond donors (Lipinski definition) is 1. The fraction of sp³-hybridized carbons (Fsp3) is 0.333. The van der Waals surface area contributed by atoms with Gasteiger partial charge in [0, 0.05) is 12.6 Å². The van der Waals surface area contributed by atoms with Gasteiger partial charge in [0.2, 0.25) is 0 Å². The zero-order valence-electron chi connectivity index (χ0n) is 14.2. The van der Waals surface area contributed by atoms with Crippen molar-refractivity contribution >= 4 is 19.7 Å². The van der Waals surface area contributed by atoms with Crippen LogP contribution in [0.4, 0.5) is 4.39 Å². The molecule has 0 radical (unpaired) electrons. The first kappa shape index (κ1) is 19.0. The second kappa shape index (κ2) is 7.09. The molecule has 0 amide bonds. The van der Waals surface area contributed by atoms with Crippen LogP contribution in [0.25, 0.3) is 0 Å². The molecule has 1 N–H and O–H groups in total. The van der Waals surface area contributed by atoms with Crippen LogP contribution in [0.15, 0.2) is 53.4 Å². The minimum Gasteiger partial charge on any atom is -0.308 e. The zero-order chi connectivity index (χ0) is 18.9. The van der Waals surface area contributed by atoms with Crippen LogP contribution in [0.1, 0.15) is 11.1 Å². The predicted octanol–water partition coefficient (Wildman–Crippen LogP) is 1.86. The van der Waals surface area contributed by atoms with Gasteiger partial charge in [0.05, 0.1) is 21.7 Å². The molecule has 0 spiro atoms. The van der Waals surface area contributed by atoms with Gasteiger partial charge in [-0.25, -0.2) is 21.2 Å². The molecule has 1 aliphatic rings. The Morgan fingerprint density at radius 3 is 2.27 bits per heavy atom. The molecule has 1 heterocycles. The van der Waals surface area contributed by atoms with Crippen LogP contribution in [0, 0.1) is 12.7 Å². The average Bonchev–Trinajstić information content (AvgIpc) is 2.90. The van der Waals surface area contributed by atoms with E-state index in [1.807, 2.05) is 6.92 Å². The van der Waals surface area contributed by atoms with Gasteiger partial charge < -0.3 is 5.32 Å². The summed E-state index contributed by atoms with van der Waals surface area (Å²) in [5.74, 6) is -0.995. The van der Waals surface area contributed by atoms with Crippen LogP contribution < -0.4 is 5.32 Å². The van der Waals surface area contributed by atoms with Gasteiger partial charge >= 0.3 is 0 Å². The standard InChI is InChI=1S/C18H20FNO4S2/c1-13-2-8-16(9-3-13)26(23,24)18-12-25(21,22)11-17(18)20-10-14-4-6-15(19)7-5-14/h2-9,17-18,20H,10-12H2,1H3/t17-,18-/m1/s1. The summed E-state index contributed by atoms with van der Waals surface area (Å²) in [7, 11) is -7.25. The van der Waals surface area contributed by atoms with Gasteiger partial charge in [-0.1, -0.05) is 29.8 Å². The summed E-state index contributed by atoms with van der Waals surface area (Å²) in [5.41, 5.74) is 1.68. The number of aryl methyl sites for hydroxylation is 1. The smallest absolute Gasteiger partial charge is 0.183 e. The maximum Gasteiger partial charge on any atom is 0.183 e. The maximum absolute atomic E-state index is 13.0. The predicted molar refractivity (Wildman–Crippen MR) is 97.8 cm³/mol. The molecule has 140 valence electrons. The topological polar surface area (TPSA) is 80.3 Å². The molecule has 0 saturated carbocycles. The van der Waals surface area contributed by atoms with E-state index in [-0.39, 0.29) is 23.0 Å². The van der Waals surface area contributed by atoms with Crippen molar-refractivity contribution in [2.45, 2.75) is 29.7 Å². The highest BCUT2D eigenvalue weighted by Crippen LogP contribution is 2.26. The van der Waals surface area contributed by atoms with E-state index in [4.69, 9.17) is 0 Å². The lowest BCUT2D eigenvalue weighted by Crippen LogP contribution is -2.43. The van der Waals surface area contributed by atoms with Crippen LogP contribution in [-0.4, -0.2) is 39.6 Å². The normalized spacial score (nSPS) is 22.4. The first-order chi connectivity index (χ1) is 12.2. The van der Waals surface area contributed by atoms with Gasteiger partial charge in [-0.2, -0.15) is 0 Å². The van der Waals surface area contributed by atoms with E-state index in [2.05, 4.69) is 5.32 Å². The fourth-order valence-electron chi connectivity index (χ4n) is 3.07. The Morgan fingerprint density at radius 2 is 1.65 bits per heavy atom. The lowest BCUT2D eigenvalue weighted by atomic mass is 10.2. The van der Waals surface area contributed by atoms with Crippen molar-refractivity contribution in [3.8, 4) is 0 Å². The summed E-state index contributed by atoms with van der Waals surface area (Å²) < 4.78 is 63.0. The molecule has 5 nitrogen and oxygen atoms in total. The number of rotatable bonds is 5. The third-order valence-electron chi connectivity index (χ3n) is 4.53. The van der Waals surface area contributed by atoms with E-state index in [9.17, 15) is 21.2 Å². The highest BCUT2D eigenvalue weighted by atomic mass is 32.2. The van der Waals surface area contributed by atoms with Gasteiger partial charge in [-0.3, -0.25) is 0 Å². The molecule has 3 rings (SSSR count). The van der Waals surface area contributed by atoms with Crippen LogP contribution in [-0.2, 0) is 26.2 Å². The molecule has 1 aliphatic heterocycles. The Balaban J connectivity index is 1.83. The van der Waals surface area contributed by atoms with Crippen molar-refractivity contribution in [3.63, 3.8) is 0 Å². The monoisotopic (exact) mass is 397 g/mol. The molecular formula is C18H20FNO4S2. The molecular weight excluding hydrogens is 377 g/mol. The van der Waals surface area contributed by atoms with Gasteiger partial charge in [-0.15, -0.1) is 0 Å². The quantitative estimate of drug-likeness (QED) is 0.833. The minimum absolute atomic E-state index is 0.124. The van der Waals surface area contributed by atoms with E-state index in [1.165, 1.54) is 24.3 Å². The van der Waals surface area contributed by atoms with Gasteiger partial charge in [0.1, 0.15) is 5.82 Å². The van der Waals surface area contributed by atoms with Crippen molar-refractivity contribution in [2.75, 3.05) is 11.5 Å². The molecule has 0 aliphatic carbocycles. The molecule has 0 aromatic heterocycles. The zero-order valence-corrected chi connectivity index (χ0v) is 15.9. The molecule has 2 aromatic rings. The Labute approximate surface area is 153 Å². The van der Waals surface area contributed by atoms with Crippen LogP contribution in [0.2, 0.25) is 0 Å². The Morgan fingerprint density at radius 1 is 1.04 bits per heavy atom. The van der Waals surface area contributed by atoms with Crippen LogP contribution in [0.5, 0.6) is 0 Å². The highest BCUT2D eigenvalue weighted by molar-refractivity contribution is 7.96. The van der Waals surface area contributed by atoms with E-state index < -0.39 is 36.7 Å². The lowest BCUT2D eigenvalue weighted by molar-refractivity contribution is 0.525. The number of benzene rings is 2. The highest BCUT2D eigenvalue weighted by Gasteiger charge is 2.45. The molecule has 2 aromatic carbocycles. The Kier molecular flexibility index (Phi) is 5.18. The molecule has 26 heavy (non-hydrogen) atoms. The summed E-state index contributed by atoms with van der Waals surface area (Å²) in [6.45, 7) is 2.11. The third-order valence-corrected chi connectivity index (χ3v) is 8.70. The van der Waals surface area contributed by atoms with Gasteiger partial charge in [0.25, 0.3) is 0 Å². The second-order valence-corrected chi connectivity index (χ2v) is 10.9. The summed E-state index contributed by atoms with van der Waals surface area (Å²) in [5, 5.41) is 1.98. The first-order valence-electron chi connectivity index (χ1n) is 8.16. The summed E-state index contributed by atoms with van der Waals surface area (Å²) in [4.78, 5) is 0.124. The first-order valence-corrected chi connectivity index (χ1v) is 11.5. The Hall–Kier alpha value is -1.77. The number of halogens is 1. The van der Waals surface area contributed by atoms with Crippen molar-refractivity contribution < 1.29 is 21.2 Å². The number of hydrogen-bond acceptors (Lipinski definition) is 5. The summed E-state index contributed by atoms with van der Waals surface area (Å²) in [6, 6.07) is 11.5. The van der Waals surface area contributed by atoms with Gasteiger partial charge in [-0.05, 0) is 36.8 Å². The van der Waals surface area contributed by atoms with E-state index in [0.717, 1.165) is 11.1 Å². The van der Waals surface area contributed by atoms with Crippen LogP contribution in [0.3, 0.4) is 0 Å². The third kappa shape index (κ3) is 4.13. The van der Waals surface area contributed by atoms with Crippen LogP contribution >= 0.6 is 0 Å². The number of nitrogens with one attached hydrogen (secondary N) is 1. The van der Waals surface area contributed by atoms with Crippen molar-refractivity contribution in [2.24, 2.45) is 0 Å². The molecule has 2 atom stereocenters. The average molecular weight is 397 g/mol. The largest absolute Gasteiger partial charge is 0.308 e. The lowest BCUT2D eigenvalue weighted by Gasteiger charge is -2.20. The van der Waals surface area contributed by atoms with Crippen molar-refractivity contribution in [3.05, 3.63) is 65.5 Å². The second-order valence-electron chi connectivity index (χ2n) is 6.59. The van der Waals surface area contributed by atoms with E-state index >= 15 is 0 Å². The molecule has 0 unspecified atom stereocenters. The van der Waals surface area contributed by atoms with E-state index in [0.29, 0.717) is 0 Å². The molecule has 8 heteroatoms. The minimum atomic E-state index is -3.79. The molecule has 1 fully saturated rings. The van der Waals surface area contributed by atoms with E-state index in [1.54, 1.807) is 24.3 Å². The summed E-state index contributed by atoms with van der Waals surface area (Å²) >= 11 is 0. The number of sulfone groups is 2. The van der Waals surface area contributed by atoms with Crippen molar-refractivity contribution in [1.29, 1.82) is 0 Å². The maximum atomic E-state index is 13.0. The summed E-state index contributed by atoms with van der Waals surface area (Å²) in [6.07, 6.45) is 0. The molecule has 0 bridgehead atoms. The van der Waals surface area contributed by atoms with Crippen molar-refractivity contribution in [1.82, 2.24) is 5.32 Å². The fourth-order valence-corrected chi connectivity index (χ4v) is 7.78. The SMILES string of the molecule is Cc1ccc(S(=O)(=O)[C@@H]2CS(=O)(=O)C[C@H]2NCc2ccc(F)cc2)cc1. The van der Waals surface area contributed by atoms with Gasteiger partial charge in [0.15, 0.2) is 19.7 Å². The molecule has 1 saturated heterocycles. The Bertz CT molecular complexity index is 984.